The van der Waals surface area contributed by atoms with Gasteiger partial charge in [-0.3, -0.25) is 0 Å². The van der Waals surface area contributed by atoms with Gasteiger partial charge in [0.25, 0.3) is 0 Å². The highest BCUT2D eigenvalue weighted by atomic mass is 14.9. The van der Waals surface area contributed by atoms with Crippen LogP contribution >= 0.6 is 0 Å². The molecular weight excluding hydrogens is 160 g/mol. The molecule has 0 fully saturated rings. The Hall–Kier alpha value is -1.02. The van der Waals surface area contributed by atoms with Crippen LogP contribution in [0.25, 0.3) is 0 Å². The first kappa shape index (κ1) is 8.57. The average Bonchev–Trinajstić information content (AvgIpc) is 2.17. The third-order valence-corrected chi connectivity index (χ3v) is 2.62. The fourth-order valence-corrected chi connectivity index (χ4v) is 1.96. The molecule has 0 aliphatic carbocycles. The van der Waals surface area contributed by atoms with Crippen LogP contribution in [0.2, 0.25) is 0 Å². The predicted octanol–water partition coefficient (Wildman–Crippen LogP) is 2.06. The molecule has 2 nitrogen and oxygen atoms in total. The summed E-state index contributed by atoms with van der Waals surface area (Å²) in [5, 5.41) is 3.40. The van der Waals surface area contributed by atoms with E-state index in [0.29, 0.717) is 0 Å². The number of nitrogens with two attached hydrogens (primary N) is 1. The van der Waals surface area contributed by atoms with Crippen LogP contribution in [-0.4, -0.2) is 6.54 Å². The quantitative estimate of drug-likeness (QED) is 0.687. The van der Waals surface area contributed by atoms with E-state index in [0.717, 1.165) is 6.54 Å². The fourth-order valence-electron chi connectivity index (χ4n) is 1.96. The molecule has 0 saturated heterocycles. The summed E-state index contributed by atoms with van der Waals surface area (Å²) in [7, 11) is 0. The SMILES string of the molecule is C[C@@H](N)c1cccc2c1CCCN2. The molecule has 2 rings (SSSR count). The van der Waals surface area contributed by atoms with Crippen molar-refractivity contribution in [2.45, 2.75) is 25.8 Å². The van der Waals surface area contributed by atoms with E-state index in [-0.39, 0.29) is 6.04 Å². The van der Waals surface area contributed by atoms with Gasteiger partial charge in [-0.15, -0.1) is 0 Å². The lowest BCUT2D eigenvalue weighted by Gasteiger charge is -2.22. The van der Waals surface area contributed by atoms with Crippen molar-refractivity contribution >= 4 is 5.69 Å². The number of nitrogens with one attached hydrogen (secondary N) is 1. The monoisotopic (exact) mass is 176 g/mol. The van der Waals surface area contributed by atoms with Crippen LogP contribution in [-0.2, 0) is 6.42 Å². The van der Waals surface area contributed by atoms with E-state index in [9.17, 15) is 0 Å². The van der Waals surface area contributed by atoms with E-state index < -0.39 is 0 Å². The molecule has 1 aromatic rings. The number of rotatable bonds is 1. The lowest BCUT2D eigenvalue weighted by Crippen LogP contribution is -2.16. The molecular formula is C11H16N2. The van der Waals surface area contributed by atoms with Crippen molar-refractivity contribution in [3.63, 3.8) is 0 Å². The largest absolute Gasteiger partial charge is 0.385 e. The maximum Gasteiger partial charge on any atom is 0.0376 e. The maximum absolute atomic E-state index is 5.91. The van der Waals surface area contributed by atoms with E-state index in [1.165, 1.54) is 29.7 Å². The van der Waals surface area contributed by atoms with Gasteiger partial charge in [0, 0.05) is 18.3 Å². The molecule has 1 aliphatic rings. The van der Waals surface area contributed by atoms with Crippen molar-refractivity contribution in [3.8, 4) is 0 Å². The second-order valence-electron chi connectivity index (χ2n) is 3.69. The van der Waals surface area contributed by atoms with Gasteiger partial charge in [-0.2, -0.15) is 0 Å². The summed E-state index contributed by atoms with van der Waals surface area (Å²) in [4.78, 5) is 0. The Bertz CT molecular complexity index is 305. The van der Waals surface area contributed by atoms with Crippen molar-refractivity contribution in [3.05, 3.63) is 29.3 Å². The van der Waals surface area contributed by atoms with Crippen molar-refractivity contribution in [2.75, 3.05) is 11.9 Å². The Labute approximate surface area is 79.1 Å². The zero-order valence-electron chi connectivity index (χ0n) is 8.01. The summed E-state index contributed by atoms with van der Waals surface area (Å²) in [5.41, 5.74) is 9.90. The molecule has 0 radical (unpaired) electrons. The minimum Gasteiger partial charge on any atom is -0.385 e. The third kappa shape index (κ3) is 1.54. The van der Waals surface area contributed by atoms with Gasteiger partial charge in [0.1, 0.15) is 0 Å². The maximum atomic E-state index is 5.91. The van der Waals surface area contributed by atoms with Crippen LogP contribution in [0.4, 0.5) is 5.69 Å². The number of hydrogen-bond donors (Lipinski definition) is 2. The Morgan fingerprint density at radius 2 is 2.31 bits per heavy atom. The first-order valence-corrected chi connectivity index (χ1v) is 4.90. The molecule has 3 N–H and O–H groups in total. The second kappa shape index (κ2) is 3.38. The van der Waals surface area contributed by atoms with E-state index >= 15 is 0 Å². The highest BCUT2D eigenvalue weighted by Gasteiger charge is 2.13. The highest BCUT2D eigenvalue weighted by Crippen LogP contribution is 2.27. The molecule has 0 saturated carbocycles. The van der Waals surface area contributed by atoms with Gasteiger partial charge in [0.2, 0.25) is 0 Å². The summed E-state index contributed by atoms with van der Waals surface area (Å²) < 4.78 is 0. The van der Waals surface area contributed by atoms with Crippen molar-refractivity contribution in [1.29, 1.82) is 0 Å². The van der Waals surface area contributed by atoms with Gasteiger partial charge in [-0.1, -0.05) is 12.1 Å². The Morgan fingerprint density at radius 3 is 3.08 bits per heavy atom. The van der Waals surface area contributed by atoms with Crippen molar-refractivity contribution in [1.82, 2.24) is 0 Å². The van der Waals surface area contributed by atoms with Crippen LogP contribution in [0.1, 0.15) is 30.5 Å². The molecule has 2 heteroatoms. The summed E-state index contributed by atoms with van der Waals surface area (Å²) in [6.07, 6.45) is 2.39. The van der Waals surface area contributed by atoms with Crippen LogP contribution in [0, 0.1) is 0 Å². The first-order valence-electron chi connectivity index (χ1n) is 4.90. The summed E-state index contributed by atoms with van der Waals surface area (Å²) in [6, 6.07) is 6.50. The number of fused-ring (bicyclic) bond motifs is 1. The molecule has 1 atom stereocenters. The van der Waals surface area contributed by atoms with Gasteiger partial charge in [0.15, 0.2) is 0 Å². The summed E-state index contributed by atoms with van der Waals surface area (Å²) in [6.45, 7) is 3.14. The Kier molecular flexibility index (Phi) is 2.23. The smallest absolute Gasteiger partial charge is 0.0376 e. The molecule has 0 unspecified atom stereocenters. The minimum absolute atomic E-state index is 0.148. The first-order chi connectivity index (χ1) is 6.29. The Balaban J connectivity index is 2.46. The predicted molar refractivity (Wildman–Crippen MR) is 55.9 cm³/mol. The zero-order chi connectivity index (χ0) is 9.26. The van der Waals surface area contributed by atoms with E-state index in [4.69, 9.17) is 5.73 Å². The third-order valence-electron chi connectivity index (χ3n) is 2.62. The standard InChI is InChI=1S/C11H16N2/c1-8(12)9-4-2-6-11-10(9)5-3-7-13-11/h2,4,6,8,13H,3,5,7,12H2,1H3/t8-/m1/s1. The van der Waals surface area contributed by atoms with Crippen LogP contribution in [0.15, 0.2) is 18.2 Å². The Morgan fingerprint density at radius 1 is 1.46 bits per heavy atom. The van der Waals surface area contributed by atoms with E-state index in [2.05, 4.69) is 23.5 Å². The van der Waals surface area contributed by atoms with E-state index in [1.807, 2.05) is 6.92 Å². The lowest BCUT2D eigenvalue weighted by atomic mass is 9.94. The van der Waals surface area contributed by atoms with Crippen LogP contribution in [0.5, 0.6) is 0 Å². The van der Waals surface area contributed by atoms with Gasteiger partial charge >= 0.3 is 0 Å². The normalized spacial score (nSPS) is 17.4. The molecule has 1 aliphatic heterocycles. The highest BCUT2D eigenvalue weighted by molar-refractivity contribution is 5.56. The molecule has 1 heterocycles. The van der Waals surface area contributed by atoms with Gasteiger partial charge < -0.3 is 11.1 Å². The number of anilines is 1. The van der Waals surface area contributed by atoms with Crippen molar-refractivity contribution < 1.29 is 0 Å². The zero-order valence-corrected chi connectivity index (χ0v) is 8.01. The molecule has 0 amide bonds. The molecule has 0 aromatic heterocycles. The van der Waals surface area contributed by atoms with Gasteiger partial charge in [-0.05, 0) is 37.0 Å². The minimum atomic E-state index is 0.148. The molecule has 13 heavy (non-hydrogen) atoms. The van der Waals surface area contributed by atoms with Gasteiger partial charge in [0.05, 0.1) is 0 Å². The lowest BCUT2D eigenvalue weighted by molar-refractivity contribution is 0.763. The topological polar surface area (TPSA) is 38.0 Å². The van der Waals surface area contributed by atoms with Crippen molar-refractivity contribution in [2.24, 2.45) is 5.73 Å². The number of hydrogen-bond acceptors (Lipinski definition) is 2. The molecule has 70 valence electrons. The number of benzene rings is 1. The second-order valence-corrected chi connectivity index (χ2v) is 3.69. The summed E-state index contributed by atoms with van der Waals surface area (Å²) >= 11 is 0. The summed E-state index contributed by atoms with van der Waals surface area (Å²) in [5.74, 6) is 0. The molecule has 0 bridgehead atoms. The average molecular weight is 176 g/mol. The fraction of sp³-hybridized carbons (Fsp3) is 0.455. The van der Waals surface area contributed by atoms with Crippen LogP contribution < -0.4 is 11.1 Å². The van der Waals surface area contributed by atoms with Crippen LogP contribution in [0.3, 0.4) is 0 Å². The molecule has 1 aromatic carbocycles. The van der Waals surface area contributed by atoms with E-state index in [1.54, 1.807) is 0 Å². The molecule has 0 spiro atoms. The van der Waals surface area contributed by atoms with Gasteiger partial charge in [-0.25, -0.2) is 0 Å².